The van der Waals surface area contributed by atoms with Gasteiger partial charge in [-0.15, -0.1) is 0 Å². The highest BCUT2D eigenvalue weighted by atomic mass is 16.5. The Morgan fingerprint density at radius 2 is 0.839 bits per heavy atom. The molecule has 2 aliphatic rings. The summed E-state index contributed by atoms with van der Waals surface area (Å²) >= 11 is 0. The molecule has 0 unspecified atom stereocenters. The number of nitrogens with zero attached hydrogens (tertiary/aromatic N) is 2. The van der Waals surface area contributed by atoms with Crippen molar-refractivity contribution in [1.29, 1.82) is 0 Å². The van der Waals surface area contributed by atoms with E-state index in [1.807, 2.05) is 12.1 Å². The number of benzene rings is 5. The molecule has 0 bridgehead atoms. The Kier molecular flexibility index (Phi) is 11.9. The summed E-state index contributed by atoms with van der Waals surface area (Å²) in [6, 6.07) is 43.2. The fourth-order valence-electron chi connectivity index (χ4n) is 7.55. The van der Waals surface area contributed by atoms with Crippen LogP contribution in [0.25, 0.3) is 11.1 Å². The van der Waals surface area contributed by atoms with E-state index in [0.717, 1.165) is 70.3 Å². The van der Waals surface area contributed by atoms with Crippen LogP contribution in [0.3, 0.4) is 0 Å². The van der Waals surface area contributed by atoms with Gasteiger partial charge in [-0.1, -0.05) is 107 Å². The van der Waals surface area contributed by atoms with E-state index in [1.54, 1.807) is 7.11 Å². The molecule has 5 aromatic carbocycles. The van der Waals surface area contributed by atoms with E-state index in [1.165, 1.54) is 50.1 Å². The minimum absolute atomic E-state index is 0.637. The third-order valence-electron chi connectivity index (χ3n) is 10.7. The van der Waals surface area contributed by atoms with E-state index in [-0.39, 0.29) is 0 Å². The monoisotopic (exact) mass is 736 g/mol. The molecule has 0 fully saturated rings. The Balaban J connectivity index is 1.03. The smallest absolute Gasteiger partial charge is 0.118 e. The zero-order valence-corrected chi connectivity index (χ0v) is 33.2. The van der Waals surface area contributed by atoms with Crippen LogP contribution in [0, 0.1) is 0 Å². The summed E-state index contributed by atoms with van der Waals surface area (Å²) in [6.07, 6.45) is 4.44. The lowest BCUT2D eigenvalue weighted by Crippen LogP contribution is -2.06. The minimum Gasteiger partial charge on any atom is -0.497 e. The van der Waals surface area contributed by atoms with Gasteiger partial charge in [0.1, 0.15) is 5.75 Å². The van der Waals surface area contributed by atoms with Crippen LogP contribution in [0.5, 0.6) is 5.75 Å². The van der Waals surface area contributed by atoms with Crippen LogP contribution < -0.4 is 15.4 Å². The van der Waals surface area contributed by atoms with E-state index in [0.29, 0.717) is 25.9 Å². The average molecular weight is 737 g/mol. The predicted molar refractivity (Wildman–Crippen MR) is 238 cm³/mol. The zero-order chi connectivity index (χ0) is 39.0. The van der Waals surface area contributed by atoms with Gasteiger partial charge < -0.3 is 15.4 Å². The summed E-state index contributed by atoms with van der Waals surface area (Å²) in [5.74, 6) is 0.833. The molecule has 0 aliphatic carbocycles. The first-order valence-electron chi connectivity index (χ1n) is 19.8. The van der Waals surface area contributed by atoms with E-state index < -0.39 is 0 Å². The van der Waals surface area contributed by atoms with Gasteiger partial charge in [-0.05, 0) is 107 Å². The largest absolute Gasteiger partial charge is 0.497 e. The molecule has 2 heterocycles. The van der Waals surface area contributed by atoms with Crippen molar-refractivity contribution in [3.05, 3.63) is 196 Å². The number of hydrogen-bond acceptors (Lipinski definition) is 5. The van der Waals surface area contributed by atoms with Crippen molar-refractivity contribution in [2.75, 3.05) is 30.8 Å². The molecule has 0 saturated carbocycles. The van der Waals surface area contributed by atoms with Crippen molar-refractivity contribution in [2.45, 2.75) is 52.9 Å². The molecule has 0 amide bonds. The molecule has 7 rings (SSSR count). The normalized spacial score (nSPS) is 13.8. The summed E-state index contributed by atoms with van der Waals surface area (Å²) in [4.78, 5) is 10.1. The van der Waals surface area contributed by atoms with Crippen molar-refractivity contribution in [2.24, 2.45) is 9.98 Å². The second kappa shape index (κ2) is 17.5. The Labute approximate surface area is 333 Å². The molecule has 5 aromatic rings. The Morgan fingerprint density at radius 3 is 1.18 bits per heavy atom. The van der Waals surface area contributed by atoms with E-state index in [9.17, 15) is 0 Å². The maximum Gasteiger partial charge on any atom is 0.118 e. The van der Waals surface area contributed by atoms with E-state index >= 15 is 0 Å². The van der Waals surface area contributed by atoms with E-state index in [2.05, 4.69) is 154 Å². The highest BCUT2D eigenvalue weighted by Gasteiger charge is 2.25. The van der Waals surface area contributed by atoms with Crippen molar-refractivity contribution >= 4 is 33.9 Å². The van der Waals surface area contributed by atoms with Gasteiger partial charge in [-0.3, -0.25) is 9.98 Å². The summed E-state index contributed by atoms with van der Waals surface area (Å²) in [7, 11) is 1.69. The Morgan fingerprint density at radius 1 is 0.500 bits per heavy atom. The number of anilines is 2. The number of aryl methyl sites for hydroxylation is 3. The summed E-state index contributed by atoms with van der Waals surface area (Å²) in [5, 5.41) is 7.13. The standard InChI is InChI=1S/C51H52N4O/c1-7-36-10-16-39(17-11-36)48-43(32-52-50(48)41-20-14-38(9-3)15-21-41)30-34(4)54-45-24-26-46(27-25-45)55-35(5)31-44-33-53-51(42-22-28-47(56-6)29-23-42)49(44)40-18-12-37(8-2)13-19-40/h10-29,54-55H,4-5,7-9,30-33H2,1-3,6H3. The lowest BCUT2D eigenvalue weighted by Gasteiger charge is -2.16. The Bertz CT molecular complexity index is 2150. The third-order valence-corrected chi connectivity index (χ3v) is 10.7. The molecule has 56 heavy (non-hydrogen) atoms. The van der Waals surface area contributed by atoms with Gasteiger partial charge >= 0.3 is 0 Å². The number of ether oxygens (including phenoxy) is 1. The molecular formula is C51H52N4O. The second-order valence-electron chi connectivity index (χ2n) is 14.6. The number of methoxy groups -OCH3 is 1. The maximum atomic E-state index is 5.41. The molecule has 0 aromatic heterocycles. The molecule has 5 heteroatoms. The maximum absolute atomic E-state index is 5.41. The molecule has 0 atom stereocenters. The Hall–Kier alpha value is -6.20. The highest BCUT2D eigenvalue weighted by molar-refractivity contribution is 6.34. The van der Waals surface area contributed by atoms with Gasteiger partial charge in [0.05, 0.1) is 31.6 Å². The third kappa shape index (κ3) is 8.68. The van der Waals surface area contributed by atoms with Gasteiger partial charge in [0, 0.05) is 57.9 Å². The van der Waals surface area contributed by atoms with Gasteiger partial charge in [-0.2, -0.15) is 0 Å². The molecule has 282 valence electrons. The topological polar surface area (TPSA) is 58.0 Å². The minimum atomic E-state index is 0.637. The molecule has 0 saturated heterocycles. The van der Waals surface area contributed by atoms with Crippen LogP contribution in [0.2, 0.25) is 0 Å². The molecule has 0 radical (unpaired) electrons. The van der Waals surface area contributed by atoms with Crippen molar-refractivity contribution in [3.63, 3.8) is 0 Å². The van der Waals surface area contributed by atoms with Gasteiger partial charge in [0.15, 0.2) is 0 Å². The summed E-state index contributed by atoms with van der Waals surface area (Å²) in [6.45, 7) is 16.7. The van der Waals surface area contributed by atoms with Gasteiger partial charge in [0.2, 0.25) is 0 Å². The first-order chi connectivity index (χ1) is 27.3. The zero-order valence-electron chi connectivity index (χ0n) is 33.2. The van der Waals surface area contributed by atoms with Crippen LogP contribution in [0.1, 0.15) is 72.6 Å². The second-order valence-corrected chi connectivity index (χ2v) is 14.6. The van der Waals surface area contributed by atoms with Gasteiger partial charge in [0.25, 0.3) is 0 Å². The van der Waals surface area contributed by atoms with E-state index in [4.69, 9.17) is 14.7 Å². The fraction of sp³-hybridized carbons (Fsp3) is 0.216. The average Bonchev–Trinajstić information content (AvgIpc) is 3.85. The van der Waals surface area contributed by atoms with Crippen LogP contribution in [0.4, 0.5) is 11.4 Å². The number of hydrogen-bond donors (Lipinski definition) is 2. The van der Waals surface area contributed by atoms with Crippen LogP contribution >= 0.6 is 0 Å². The molecule has 2 N–H and O–H groups in total. The molecular weight excluding hydrogens is 685 g/mol. The van der Waals surface area contributed by atoms with Crippen LogP contribution in [-0.4, -0.2) is 31.6 Å². The molecule has 0 spiro atoms. The molecule has 2 aliphatic heterocycles. The number of allylic oxidation sites excluding steroid dienone is 4. The summed E-state index contributed by atoms with van der Waals surface area (Å²) in [5.41, 5.74) is 19.4. The van der Waals surface area contributed by atoms with Crippen molar-refractivity contribution in [1.82, 2.24) is 0 Å². The van der Waals surface area contributed by atoms with Crippen LogP contribution in [-0.2, 0) is 19.3 Å². The SMILES string of the molecule is C=C(CC1=C(c2ccc(CC)cc2)C(c2ccc(CC)cc2)=NC1)Nc1ccc(NC(=C)CC2=C(c3ccc(CC)cc3)C(c3ccc(OC)cc3)=NC2)cc1. The number of aliphatic imine (C=N–C) groups is 2. The fourth-order valence-corrected chi connectivity index (χ4v) is 7.55. The van der Waals surface area contributed by atoms with Crippen molar-refractivity contribution < 1.29 is 4.74 Å². The first kappa shape index (κ1) is 38.1. The highest BCUT2D eigenvalue weighted by Crippen LogP contribution is 2.35. The predicted octanol–water partition coefficient (Wildman–Crippen LogP) is 11.9. The number of rotatable bonds is 16. The first-order valence-corrected chi connectivity index (χ1v) is 19.8. The quantitative estimate of drug-likeness (QED) is 0.106. The number of nitrogens with one attached hydrogen (secondary N) is 2. The summed E-state index contributed by atoms with van der Waals surface area (Å²) < 4.78 is 5.41. The van der Waals surface area contributed by atoms with Crippen LogP contribution in [0.15, 0.2) is 167 Å². The van der Waals surface area contributed by atoms with Gasteiger partial charge in [-0.25, -0.2) is 0 Å². The van der Waals surface area contributed by atoms with Crippen molar-refractivity contribution in [3.8, 4) is 5.75 Å². The lowest BCUT2D eigenvalue weighted by molar-refractivity contribution is 0.415. The molecule has 5 nitrogen and oxygen atoms in total. The lowest BCUT2D eigenvalue weighted by atomic mass is 9.91.